The number of nitrogens with one attached hydrogen (secondary N) is 1. The van der Waals surface area contributed by atoms with Crippen LogP contribution in [-0.4, -0.2) is 30.5 Å². The Kier molecular flexibility index (Phi) is 3.69. The predicted octanol–water partition coefficient (Wildman–Crippen LogP) is 2.95. The summed E-state index contributed by atoms with van der Waals surface area (Å²) in [5, 5.41) is 9.11. The van der Waals surface area contributed by atoms with Crippen LogP contribution in [0.2, 0.25) is 0 Å². The van der Waals surface area contributed by atoms with Gasteiger partial charge in [0.2, 0.25) is 5.95 Å². The number of anilines is 1. The van der Waals surface area contributed by atoms with Crippen molar-refractivity contribution in [1.82, 2.24) is 24.6 Å². The molecule has 0 bridgehead atoms. The van der Waals surface area contributed by atoms with Gasteiger partial charge in [0.05, 0.1) is 11.3 Å². The van der Waals surface area contributed by atoms with Gasteiger partial charge >= 0.3 is 0 Å². The van der Waals surface area contributed by atoms with Crippen molar-refractivity contribution >= 4 is 28.0 Å². The molecule has 0 atom stereocenters. The summed E-state index contributed by atoms with van der Waals surface area (Å²) in [4.78, 5) is 24.6. The highest BCUT2D eigenvalue weighted by molar-refractivity contribution is 7.13. The minimum atomic E-state index is -0.621. The Hall–Kier alpha value is -3.20. The number of hydrogen-bond donors (Lipinski definition) is 1. The first-order valence-corrected chi connectivity index (χ1v) is 8.17. The van der Waals surface area contributed by atoms with E-state index >= 15 is 0 Å². The normalized spacial score (nSPS) is 11.0. The molecule has 0 aliphatic heterocycles. The number of hydrogen-bond acceptors (Lipinski definition) is 6. The second kappa shape index (κ2) is 6.02. The number of rotatable bonds is 3. The average Bonchev–Trinajstić information content (AvgIpc) is 3.23. The molecule has 0 saturated carbocycles. The van der Waals surface area contributed by atoms with Crippen LogP contribution in [-0.2, 0) is 0 Å². The minimum Gasteiger partial charge on any atom is -0.298 e. The summed E-state index contributed by atoms with van der Waals surface area (Å²) in [6.07, 6.45) is 4.31. The maximum Gasteiger partial charge on any atom is 0.261 e. The van der Waals surface area contributed by atoms with Crippen LogP contribution < -0.4 is 5.32 Å². The SMILES string of the molecule is Cc1csc(NC(=O)c2cc(-c3cccnc3F)cn3ncnc23)n1. The molecule has 4 heterocycles. The Morgan fingerprint density at radius 1 is 1.36 bits per heavy atom. The van der Waals surface area contributed by atoms with Gasteiger partial charge in [-0.15, -0.1) is 11.3 Å². The Morgan fingerprint density at radius 2 is 2.24 bits per heavy atom. The van der Waals surface area contributed by atoms with E-state index in [9.17, 15) is 9.18 Å². The van der Waals surface area contributed by atoms with E-state index in [-0.39, 0.29) is 11.1 Å². The molecule has 7 nitrogen and oxygen atoms in total. The highest BCUT2D eigenvalue weighted by Gasteiger charge is 2.17. The van der Waals surface area contributed by atoms with E-state index in [4.69, 9.17) is 0 Å². The fraction of sp³-hybridized carbons (Fsp3) is 0.0625. The number of pyridine rings is 2. The van der Waals surface area contributed by atoms with Crippen LogP contribution in [0.3, 0.4) is 0 Å². The van der Waals surface area contributed by atoms with Gasteiger partial charge in [-0.25, -0.2) is 19.5 Å². The molecule has 0 saturated heterocycles. The number of amides is 1. The lowest BCUT2D eigenvalue weighted by atomic mass is 10.1. The molecule has 0 aliphatic carbocycles. The van der Waals surface area contributed by atoms with Gasteiger partial charge in [0.25, 0.3) is 5.91 Å². The molecule has 4 aromatic rings. The first-order valence-electron chi connectivity index (χ1n) is 7.29. The molecule has 0 aromatic carbocycles. The molecular formula is C16H11FN6OS. The summed E-state index contributed by atoms with van der Waals surface area (Å²) < 4.78 is 15.5. The molecular weight excluding hydrogens is 343 g/mol. The van der Waals surface area contributed by atoms with E-state index < -0.39 is 11.9 Å². The summed E-state index contributed by atoms with van der Waals surface area (Å²) in [7, 11) is 0. The van der Waals surface area contributed by atoms with E-state index in [1.807, 2.05) is 12.3 Å². The summed E-state index contributed by atoms with van der Waals surface area (Å²) in [6, 6.07) is 4.79. The molecule has 9 heteroatoms. The second-order valence-electron chi connectivity index (χ2n) is 5.26. The van der Waals surface area contributed by atoms with Crippen LogP contribution in [0.4, 0.5) is 9.52 Å². The van der Waals surface area contributed by atoms with E-state index in [2.05, 4.69) is 25.4 Å². The van der Waals surface area contributed by atoms with Gasteiger partial charge < -0.3 is 0 Å². The Balaban J connectivity index is 1.81. The smallest absolute Gasteiger partial charge is 0.261 e. The third-order valence-electron chi connectivity index (χ3n) is 3.53. The van der Waals surface area contributed by atoms with Crippen LogP contribution in [0.5, 0.6) is 0 Å². The number of aromatic nitrogens is 5. The Labute approximate surface area is 145 Å². The molecule has 124 valence electrons. The molecule has 1 amide bonds. The van der Waals surface area contributed by atoms with Crippen molar-refractivity contribution in [2.75, 3.05) is 5.32 Å². The molecule has 25 heavy (non-hydrogen) atoms. The minimum absolute atomic E-state index is 0.270. The van der Waals surface area contributed by atoms with Crippen LogP contribution >= 0.6 is 11.3 Å². The van der Waals surface area contributed by atoms with Crippen molar-refractivity contribution in [1.29, 1.82) is 0 Å². The average molecular weight is 354 g/mol. The number of thiazole rings is 1. The fourth-order valence-corrected chi connectivity index (χ4v) is 3.10. The van der Waals surface area contributed by atoms with Crippen LogP contribution in [0, 0.1) is 12.9 Å². The lowest BCUT2D eigenvalue weighted by Gasteiger charge is -2.08. The van der Waals surface area contributed by atoms with E-state index in [1.165, 1.54) is 28.4 Å². The third kappa shape index (κ3) is 2.85. The van der Waals surface area contributed by atoms with Gasteiger partial charge in [0.1, 0.15) is 6.33 Å². The quantitative estimate of drug-likeness (QED) is 0.572. The maximum atomic E-state index is 14.0. The lowest BCUT2D eigenvalue weighted by molar-refractivity contribution is 0.102. The first-order chi connectivity index (χ1) is 12.1. The zero-order chi connectivity index (χ0) is 17.4. The highest BCUT2D eigenvalue weighted by atomic mass is 32.1. The van der Waals surface area contributed by atoms with Crippen molar-refractivity contribution in [2.24, 2.45) is 0 Å². The number of halogens is 1. The van der Waals surface area contributed by atoms with Crippen LogP contribution in [0.1, 0.15) is 16.1 Å². The molecule has 4 aromatic heterocycles. The molecule has 0 spiro atoms. The topological polar surface area (TPSA) is 85.1 Å². The Bertz CT molecular complexity index is 1090. The van der Waals surface area contributed by atoms with Gasteiger partial charge in [-0.2, -0.15) is 9.49 Å². The molecule has 0 unspecified atom stereocenters. The predicted molar refractivity (Wildman–Crippen MR) is 91.0 cm³/mol. The summed E-state index contributed by atoms with van der Waals surface area (Å²) in [5.74, 6) is -1.01. The van der Waals surface area contributed by atoms with Crippen molar-refractivity contribution in [3.05, 3.63) is 59.5 Å². The number of fused-ring (bicyclic) bond motifs is 1. The van der Waals surface area contributed by atoms with Crippen LogP contribution in [0.25, 0.3) is 16.8 Å². The van der Waals surface area contributed by atoms with Gasteiger partial charge in [-0.05, 0) is 25.1 Å². The van der Waals surface area contributed by atoms with Crippen LogP contribution in [0.15, 0.2) is 42.3 Å². The molecule has 4 rings (SSSR count). The van der Waals surface area contributed by atoms with E-state index in [0.29, 0.717) is 16.3 Å². The molecule has 0 aliphatic rings. The van der Waals surface area contributed by atoms with E-state index in [0.717, 1.165) is 5.69 Å². The summed E-state index contributed by atoms with van der Waals surface area (Å²) >= 11 is 1.33. The van der Waals surface area contributed by atoms with Crippen molar-refractivity contribution < 1.29 is 9.18 Å². The van der Waals surface area contributed by atoms with Gasteiger partial charge in [0.15, 0.2) is 10.8 Å². The Morgan fingerprint density at radius 3 is 3.00 bits per heavy atom. The lowest BCUT2D eigenvalue weighted by Crippen LogP contribution is -2.14. The number of aryl methyl sites for hydroxylation is 1. The zero-order valence-corrected chi connectivity index (χ0v) is 13.8. The monoisotopic (exact) mass is 354 g/mol. The van der Waals surface area contributed by atoms with Crippen molar-refractivity contribution in [3.63, 3.8) is 0 Å². The van der Waals surface area contributed by atoms with Gasteiger partial charge in [-0.3, -0.25) is 10.1 Å². The number of carbonyl (C=O) groups is 1. The van der Waals surface area contributed by atoms with Gasteiger partial charge in [0, 0.05) is 28.9 Å². The first kappa shape index (κ1) is 15.3. The fourth-order valence-electron chi connectivity index (χ4n) is 2.42. The second-order valence-corrected chi connectivity index (χ2v) is 6.12. The number of nitrogens with zero attached hydrogens (tertiary/aromatic N) is 5. The van der Waals surface area contributed by atoms with Crippen molar-refractivity contribution in [3.8, 4) is 11.1 Å². The molecule has 1 N–H and O–H groups in total. The number of carbonyl (C=O) groups excluding carboxylic acids is 1. The molecule has 0 radical (unpaired) electrons. The van der Waals surface area contributed by atoms with Crippen molar-refractivity contribution in [2.45, 2.75) is 6.92 Å². The summed E-state index contributed by atoms with van der Waals surface area (Å²) in [6.45, 7) is 1.84. The highest BCUT2D eigenvalue weighted by Crippen LogP contribution is 2.25. The molecule has 0 fully saturated rings. The largest absolute Gasteiger partial charge is 0.298 e. The standard InChI is InChI=1S/C16H11FN6OS/c1-9-7-25-16(21-9)22-15(24)12-5-10(6-23-14(12)19-8-20-23)11-3-2-4-18-13(11)17/h2-8H,1H3,(H,21,22,24). The van der Waals surface area contributed by atoms with E-state index in [1.54, 1.807) is 24.4 Å². The third-order valence-corrected chi connectivity index (χ3v) is 4.40. The maximum absolute atomic E-state index is 14.0. The van der Waals surface area contributed by atoms with Gasteiger partial charge in [-0.1, -0.05) is 0 Å². The summed E-state index contributed by atoms with van der Waals surface area (Å²) in [5.41, 5.74) is 2.21. The zero-order valence-electron chi connectivity index (χ0n) is 13.0.